The molecule has 0 radical (unpaired) electrons. The maximum Gasteiger partial charge on any atom is 0.322 e. The van der Waals surface area contributed by atoms with E-state index in [0.717, 1.165) is 11.4 Å². The molecule has 0 spiro atoms. The van der Waals surface area contributed by atoms with Gasteiger partial charge >= 0.3 is 6.03 Å². The summed E-state index contributed by atoms with van der Waals surface area (Å²) in [7, 11) is 3.54. The van der Waals surface area contributed by atoms with Crippen LogP contribution in [-0.2, 0) is 4.74 Å². The first-order chi connectivity index (χ1) is 12.2. The van der Waals surface area contributed by atoms with Crippen LogP contribution in [0, 0.1) is 0 Å². The van der Waals surface area contributed by atoms with Crippen molar-refractivity contribution in [1.29, 1.82) is 0 Å². The number of nitrogens with zero attached hydrogens (tertiary/aromatic N) is 2. The average molecular weight is 343 g/mol. The van der Waals surface area contributed by atoms with Gasteiger partial charge in [-0.15, -0.1) is 0 Å². The van der Waals surface area contributed by atoms with Crippen LogP contribution in [0.15, 0.2) is 54.6 Å². The fraction of sp³-hybridized carbons (Fsp3) is 0.316. The summed E-state index contributed by atoms with van der Waals surface area (Å²) in [5.41, 5.74) is 2.62. The third kappa shape index (κ3) is 5.20. The molecular formula is C19H25N3O3. The van der Waals surface area contributed by atoms with Crippen LogP contribution >= 0.6 is 0 Å². The molecule has 0 fully saturated rings. The highest BCUT2D eigenvalue weighted by Gasteiger charge is 2.16. The molecule has 2 rings (SSSR count). The predicted octanol–water partition coefficient (Wildman–Crippen LogP) is 2.93. The van der Waals surface area contributed by atoms with Crippen molar-refractivity contribution in [2.45, 2.75) is 0 Å². The van der Waals surface area contributed by atoms with Crippen LogP contribution in [0.4, 0.5) is 21.9 Å². The molecule has 0 aliphatic carbocycles. The molecule has 2 N–H and O–H groups in total. The second-order valence-electron chi connectivity index (χ2n) is 5.55. The number of para-hydroxylation sites is 3. The van der Waals surface area contributed by atoms with Crippen molar-refractivity contribution in [2.75, 3.05) is 50.7 Å². The number of anilines is 3. The summed E-state index contributed by atoms with van der Waals surface area (Å²) >= 11 is 0. The topological polar surface area (TPSA) is 65.0 Å². The van der Waals surface area contributed by atoms with Crippen molar-refractivity contribution >= 4 is 23.1 Å². The van der Waals surface area contributed by atoms with Gasteiger partial charge in [-0.25, -0.2) is 4.79 Å². The number of ether oxygens (including phenoxy) is 1. The van der Waals surface area contributed by atoms with Crippen molar-refractivity contribution < 1.29 is 14.6 Å². The fourth-order valence-electron chi connectivity index (χ4n) is 2.49. The summed E-state index contributed by atoms with van der Waals surface area (Å²) in [6.45, 7) is 0.993. The summed E-state index contributed by atoms with van der Waals surface area (Å²) in [6, 6.07) is 17.3. The second kappa shape index (κ2) is 9.66. The van der Waals surface area contributed by atoms with E-state index in [2.05, 4.69) is 5.32 Å². The zero-order valence-corrected chi connectivity index (χ0v) is 14.7. The standard InChI is InChI=1S/C19H25N3O3/c1-21(16-8-4-3-5-9-16)18-11-7-6-10-17(18)20-19(24)22(12-14-23)13-15-25-2/h3-11,23H,12-15H2,1-2H3,(H,20,24). The molecule has 2 aromatic rings. The number of aliphatic hydroxyl groups is 1. The molecule has 2 aromatic carbocycles. The zero-order chi connectivity index (χ0) is 18.1. The Morgan fingerprint density at radius 1 is 1.08 bits per heavy atom. The number of carbonyl (C=O) groups excluding carboxylic acids is 1. The Morgan fingerprint density at radius 3 is 2.44 bits per heavy atom. The quantitative estimate of drug-likeness (QED) is 0.773. The molecule has 0 unspecified atom stereocenters. The van der Waals surface area contributed by atoms with E-state index >= 15 is 0 Å². The highest BCUT2D eigenvalue weighted by Crippen LogP contribution is 2.30. The van der Waals surface area contributed by atoms with Gasteiger partial charge in [0.1, 0.15) is 0 Å². The van der Waals surface area contributed by atoms with E-state index in [-0.39, 0.29) is 19.2 Å². The summed E-state index contributed by atoms with van der Waals surface area (Å²) in [6.07, 6.45) is 0. The lowest BCUT2D eigenvalue weighted by Crippen LogP contribution is -2.39. The number of hydrogen-bond acceptors (Lipinski definition) is 4. The number of urea groups is 1. The van der Waals surface area contributed by atoms with E-state index in [4.69, 9.17) is 4.74 Å². The van der Waals surface area contributed by atoms with Crippen molar-refractivity contribution in [3.8, 4) is 0 Å². The molecule has 6 nitrogen and oxygen atoms in total. The summed E-state index contributed by atoms with van der Waals surface area (Å²) in [5.74, 6) is 0. The molecular weight excluding hydrogens is 318 g/mol. The van der Waals surface area contributed by atoms with E-state index in [1.807, 2.05) is 66.5 Å². The van der Waals surface area contributed by atoms with Crippen molar-refractivity contribution in [2.24, 2.45) is 0 Å². The van der Waals surface area contributed by atoms with Crippen LogP contribution in [-0.4, -0.2) is 56.5 Å². The van der Waals surface area contributed by atoms with Crippen LogP contribution in [0.5, 0.6) is 0 Å². The van der Waals surface area contributed by atoms with E-state index in [9.17, 15) is 9.90 Å². The van der Waals surface area contributed by atoms with Gasteiger partial charge in [-0.1, -0.05) is 30.3 Å². The highest BCUT2D eigenvalue weighted by atomic mass is 16.5. The second-order valence-corrected chi connectivity index (χ2v) is 5.55. The lowest BCUT2D eigenvalue weighted by atomic mass is 10.2. The maximum atomic E-state index is 12.5. The minimum atomic E-state index is -0.264. The summed E-state index contributed by atoms with van der Waals surface area (Å²) in [4.78, 5) is 16.1. The van der Waals surface area contributed by atoms with E-state index < -0.39 is 0 Å². The fourth-order valence-corrected chi connectivity index (χ4v) is 2.49. The van der Waals surface area contributed by atoms with Gasteiger partial charge in [0, 0.05) is 32.9 Å². The monoisotopic (exact) mass is 343 g/mol. The van der Waals surface area contributed by atoms with Gasteiger partial charge in [0.15, 0.2) is 0 Å². The largest absolute Gasteiger partial charge is 0.395 e. The van der Waals surface area contributed by atoms with E-state index in [1.54, 1.807) is 7.11 Å². The van der Waals surface area contributed by atoms with E-state index in [1.165, 1.54) is 4.90 Å². The van der Waals surface area contributed by atoms with Crippen LogP contribution in [0.2, 0.25) is 0 Å². The van der Waals surface area contributed by atoms with Crippen molar-refractivity contribution in [1.82, 2.24) is 4.90 Å². The number of hydrogen-bond donors (Lipinski definition) is 2. The third-order valence-electron chi connectivity index (χ3n) is 3.87. The van der Waals surface area contributed by atoms with Gasteiger partial charge in [0.05, 0.1) is 24.6 Å². The molecule has 0 aromatic heterocycles. The highest BCUT2D eigenvalue weighted by molar-refractivity contribution is 5.94. The van der Waals surface area contributed by atoms with Gasteiger partial charge in [-0.3, -0.25) is 0 Å². The molecule has 2 amide bonds. The Labute approximate surface area is 148 Å². The molecule has 134 valence electrons. The number of aliphatic hydroxyl groups excluding tert-OH is 1. The number of amides is 2. The smallest absolute Gasteiger partial charge is 0.322 e. The van der Waals surface area contributed by atoms with E-state index in [0.29, 0.717) is 18.8 Å². The Hall–Kier alpha value is -2.57. The Balaban J connectivity index is 2.18. The minimum absolute atomic E-state index is 0.0945. The lowest BCUT2D eigenvalue weighted by molar-refractivity contribution is 0.142. The van der Waals surface area contributed by atoms with Crippen LogP contribution in [0.1, 0.15) is 0 Å². The van der Waals surface area contributed by atoms with Gasteiger partial charge in [-0.05, 0) is 24.3 Å². The number of nitrogens with one attached hydrogen (secondary N) is 1. The summed E-state index contributed by atoms with van der Waals surface area (Å²) in [5, 5.41) is 12.1. The Morgan fingerprint density at radius 2 is 1.76 bits per heavy atom. The first-order valence-corrected chi connectivity index (χ1v) is 8.21. The zero-order valence-electron chi connectivity index (χ0n) is 14.7. The summed E-state index contributed by atoms with van der Waals surface area (Å²) < 4.78 is 5.03. The van der Waals surface area contributed by atoms with Crippen LogP contribution in [0.25, 0.3) is 0 Å². The number of methoxy groups -OCH3 is 1. The average Bonchev–Trinajstić information content (AvgIpc) is 2.65. The maximum absolute atomic E-state index is 12.5. The molecule has 0 saturated carbocycles. The Kier molecular flexibility index (Phi) is 7.25. The number of benzene rings is 2. The molecule has 0 aliphatic rings. The SMILES string of the molecule is COCCN(CCO)C(=O)Nc1ccccc1N(C)c1ccccc1. The number of carbonyl (C=O) groups is 1. The predicted molar refractivity (Wildman–Crippen MR) is 101 cm³/mol. The van der Waals surface area contributed by atoms with Gasteiger partial charge in [-0.2, -0.15) is 0 Å². The van der Waals surface area contributed by atoms with Crippen molar-refractivity contribution in [3.63, 3.8) is 0 Å². The molecule has 0 atom stereocenters. The molecule has 0 bridgehead atoms. The molecule has 6 heteroatoms. The normalized spacial score (nSPS) is 10.4. The first kappa shape index (κ1) is 18.8. The third-order valence-corrected chi connectivity index (χ3v) is 3.87. The molecule has 0 saturated heterocycles. The van der Waals surface area contributed by atoms with Gasteiger partial charge in [0.25, 0.3) is 0 Å². The molecule has 0 aliphatic heterocycles. The van der Waals surface area contributed by atoms with Gasteiger partial charge < -0.3 is 25.0 Å². The minimum Gasteiger partial charge on any atom is -0.395 e. The van der Waals surface area contributed by atoms with Crippen LogP contribution < -0.4 is 10.2 Å². The molecule has 0 heterocycles. The first-order valence-electron chi connectivity index (χ1n) is 8.21. The van der Waals surface area contributed by atoms with Crippen LogP contribution in [0.3, 0.4) is 0 Å². The van der Waals surface area contributed by atoms with Gasteiger partial charge in [0.2, 0.25) is 0 Å². The van der Waals surface area contributed by atoms with Crippen molar-refractivity contribution in [3.05, 3.63) is 54.6 Å². The number of rotatable bonds is 8. The Bertz CT molecular complexity index is 664. The lowest BCUT2D eigenvalue weighted by Gasteiger charge is -2.25. The molecule has 25 heavy (non-hydrogen) atoms.